The standard InChI is InChI=1S/C11H17N3OS/c1-8-7-12-11(16)14(8)6-2-3-10(15)13-9-4-5-9/h7,9H,2-6H2,1H3,(H,12,16)(H,13,15). The lowest BCUT2D eigenvalue weighted by Gasteiger charge is -2.05. The number of carbonyl (C=O) groups excluding carboxylic acids is 1. The highest BCUT2D eigenvalue weighted by atomic mass is 32.1. The maximum absolute atomic E-state index is 11.4. The second-order valence-electron chi connectivity index (χ2n) is 4.33. The van der Waals surface area contributed by atoms with Crippen LogP contribution in [0.5, 0.6) is 0 Å². The number of H-pyrrole nitrogens is 1. The molecule has 0 radical (unpaired) electrons. The third kappa shape index (κ3) is 2.95. The molecular formula is C11H17N3OS. The number of hydrogen-bond donors (Lipinski definition) is 2. The van der Waals surface area contributed by atoms with Crippen molar-refractivity contribution in [2.24, 2.45) is 0 Å². The Balaban J connectivity index is 1.74. The molecule has 0 spiro atoms. The van der Waals surface area contributed by atoms with Gasteiger partial charge < -0.3 is 14.9 Å². The van der Waals surface area contributed by atoms with Crippen molar-refractivity contribution in [1.29, 1.82) is 0 Å². The summed E-state index contributed by atoms with van der Waals surface area (Å²) in [6.45, 7) is 2.82. The van der Waals surface area contributed by atoms with E-state index in [-0.39, 0.29) is 5.91 Å². The van der Waals surface area contributed by atoms with Crippen LogP contribution in [-0.4, -0.2) is 21.5 Å². The largest absolute Gasteiger partial charge is 0.353 e. The van der Waals surface area contributed by atoms with E-state index in [1.54, 1.807) is 0 Å². The lowest BCUT2D eigenvalue weighted by molar-refractivity contribution is -0.121. The Bertz CT molecular complexity index is 431. The van der Waals surface area contributed by atoms with Crippen LogP contribution in [0, 0.1) is 11.7 Å². The molecule has 1 amide bonds. The van der Waals surface area contributed by atoms with Crippen molar-refractivity contribution in [3.63, 3.8) is 0 Å². The summed E-state index contributed by atoms with van der Waals surface area (Å²) < 4.78 is 2.76. The number of aryl methyl sites for hydroxylation is 1. The number of carbonyl (C=O) groups is 1. The van der Waals surface area contributed by atoms with E-state index in [4.69, 9.17) is 12.2 Å². The summed E-state index contributed by atoms with van der Waals surface area (Å²) in [5.74, 6) is 0.169. The fourth-order valence-corrected chi connectivity index (χ4v) is 1.98. The molecule has 4 nitrogen and oxygen atoms in total. The molecule has 1 aromatic heterocycles. The van der Waals surface area contributed by atoms with Crippen molar-refractivity contribution in [3.8, 4) is 0 Å². The molecule has 1 saturated carbocycles. The molecule has 1 aromatic rings. The summed E-state index contributed by atoms with van der Waals surface area (Å²) >= 11 is 5.14. The Labute approximate surface area is 100 Å². The third-order valence-corrected chi connectivity index (χ3v) is 3.14. The first kappa shape index (κ1) is 11.4. The predicted molar refractivity (Wildman–Crippen MR) is 64.8 cm³/mol. The topological polar surface area (TPSA) is 49.8 Å². The molecule has 1 heterocycles. The van der Waals surface area contributed by atoms with Crippen molar-refractivity contribution in [3.05, 3.63) is 16.7 Å². The smallest absolute Gasteiger partial charge is 0.220 e. The monoisotopic (exact) mass is 239 g/mol. The van der Waals surface area contributed by atoms with Crippen molar-refractivity contribution in [2.45, 2.75) is 45.2 Å². The molecule has 1 aliphatic carbocycles. The van der Waals surface area contributed by atoms with E-state index >= 15 is 0 Å². The van der Waals surface area contributed by atoms with Crippen LogP contribution in [0.3, 0.4) is 0 Å². The minimum absolute atomic E-state index is 0.169. The first-order chi connectivity index (χ1) is 7.66. The summed E-state index contributed by atoms with van der Waals surface area (Å²) in [6, 6.07) is 0.462. The minimum atomic E-state index is 0.169. The summed E-state index contributed by atoms with van der Waals surface area (Å²) in [5.41, 5.74) is 1.12. The number of imidazole rings is 1. The Morgan fingerprint density at radius 1 is 1.69 bits per heavy atom. The first-order valence-corrected chi connectivity index (χ1v) is 6.12. The Morgan fingerprint density at radius 2 is 2.44 bits per heavy atom. The van der Waals surface area contributed by atoms with Crippen molar-refractivity contribution < 1.29 is 4.79 Å². The van der Waals surface area contributed by atoms with E-state index in [1.807, 2.05) is 17.7 Å². The minimum Gasteiger partial charge on any atom is -0.353 e. The normalized spacial score (nSPS) is 15.1. The van der Waals surface area contributed by atoms with Crippen LogP contribution in [0.2, 0.25) is 0 Å². The highest BCUT2D eigenvalue weighted by Gasteiger charge is 2.22. The van der Waals surface area contributed by atoms with Crippen molar-refractivity contribution in [2.75, 3.05) is 0 Å². The number of aromatic amines is 1. The zero-order valence-electron chi connectivity index (χ0n) is 9.45. The number of rotatable bonds is 5. The molecule has 0 saturated heterocycles. The number of nitrogens with one attached hydrogen (secondary N) is 2. The van der Waals surface area contributed by atoms with E-state index in [0.717, 1.165) is 36.3 Å². The molecule has 2 N–H and O–H groups in total. The van der Waals surface area contributed by atoms with Gasteiger partial charge in [-0.2, -0.15) is 0 Å². The number of hydrogen-bond acceptors (Lipinski definition) is 2. The zero-order valence-corrected chi connectivity index (χ0v) is 10.3. The zero-order chi connectivity index (χ0) is 11.5. The first-order valence-electron chi connectivity index (χ1n) is 5.71. The maximum Gasteiger partial charge on any atom is 0.220 e. The maximum atomic E-state index is 11.4. The average molecular weight is 239 g/mol. The van der Waals surface area contributed by atoms with Gasteiger partial charge in [0.15, 0.2) is 4.77 Å². The van der Waals surface area contributed by atoms with E-state index in [0.29, 0.717) is 12.5 Å². The Morgan fingerprint density at radius 3 is 3.00 bits per heavy atom. The van der Waals surface area contributed by atoms with Crippen LogP contribution in [0.15, 0.2) is 6.20 Å². The molecular weight excluding hydrogens is 222 g/mol. The molecule has 0 aliphatic heterocycles. The Kier molecular flexibility index (Phi) is 3.43. The second kappa shape index (κ2) is 4.82. The van der Waals surface area contributed by atoms with E-state index in [9.17, 15) is 4.79 Å². The van der Waals surface area contributed by atoms with Crippen LogP contribution < -0.4 is 5.32 Å². The van der Waals surface area contributed by atoms with Gasteiger partial charge in [-0.05, 0) is 38.4 Å². The predicted octanol–water partition coefficient (Wildman–Crippen LogP) is 1.91. The van der Waals surface area contributed by atoms with Crippen molar-refractivity contribution >= 4 is 18.1 Å². The van der Waals surface area contributed by atoms with Gasteiger partial charge in [-0.15, -0.1) is 0 Å². The fraction of sp³-hybridized carbons (Fsp3) is 0.636. The number of amides is 1. The van der Waals surface area contributed by atoms with Gasteiger partial charge in [0, 0.05) is 30.9 Å². The van der Waals surface area contributed by atoms with Crippen LogP contribution in [0.25, 0.3) is 0 Å². The molecule has 0 unspecified atom stereocenters. The van der Waals surface area contributed by atoms with Crippen LogP contribution in [0.4, 0.5) is 0 Å². The van der Waals surface area contributed by atoms with Gasteiger partial charge >= 0.3 is 0 Å². The highest BCUT2D eigenvalue weighted by Crippen LogP contribution is 2.18. The van der Waals surface area contributed by atoms with Gasteiger partial charge in [-0.3, -0.25) is 4.79 Å². The van der Waals surface area contributed by atoms with Crippen LogP contribution in [-0.2, 0) is 11.3 Å². The van der Waals surface area contributed by atoms with E-state index in [1.165, 1.54) is 0 Å². The molecule has 0 atom stereocenters. The SMILES string of the molecule is Cc1c[nH]c(=S)n1CCCC(=O)NC1CC1. The fourth-order valence-electron chi connectivity index (χ4n) is 1.69. The molecule has 1 aliphatic rings. The lowest BCUT2D eigenvalue weighted by Crippen LogP contribution is -2.25. The second-order valence-corrected chi connectivity index (χ2v) is 4.72. The lowest BCUT2D eigenvalue weighted by atomic mass is 10.3. The summed E-state index contributed by atoms with van der Waals surface area (Å²) in [7, 11) is 0. The van der Waals surface area contributed by atoms with Gasteiger partial charge in [0.25, 0.3) is 0 Å². The number of nitrogens with zero attached hydrogens (tertiary/aromatic N) is 1. The number of aromatic nitrogens is 2. The summed E-state index contributed by atoms with van der Waals surface area (Å²) in [4.78, 5) is 14.4. The summed E-state index contributed by atoms with van der Waals surface area (Å²) in [5, 5.41) is 2.98. The summed E-state index contributed by atoms with van der Waals surface area (Å²) in [6.07, 6.45) is 5.61. The molecule has 1 fully saturated rings. The molecule has 0 bridgehead atoms. The average Bonchev–Trinajstić information content (AvgIpc) is 2.99. The van der Waals surface area contributed by atoms with E-state index < -0.39 is 0 Å². The third-order valence-electron chi connectivity index (χ3n) is 2.80. The quantitative estimate of drug-likeness (QED) is 0.771. The van der Waals surface area contributed by atoms with Gasteiger partial charge in [0.05, 0.1) is 0 Å². The molecule has 16 heavy (non-hydrogen) atoms. The van der Waals surface area contributed by atoms with Crippen molar-refractivity contribution in [1.82, 2.24) is 14.9 Å². The molecule has 88 valence electrons. The van der Waals surface area contributed by atoms with Gasteiger partial charge in [0.2, 0.25) is 5.91 Å². The van der Waals surface area contributed by atoms with Gasteiger partial charge in [0.1, 0.15) is 0 Å². The Hall–Kier alpha value is -1.10. The molecule has 2 rings (SSSR count). The van der Waals surface area contributed by atoms with Crippen LogP contribution in [0.1, 0.15) is 31.4 Å². The highest BCUT2D eigenvalue weighted by molar-refractivity contribution is 7.71. The molecule has 5 heteroatoms. The van der Waals surface area contributed by atoms with Gasteiger partial charge in [-0.1, -0.05) is 0 Å². The van der Waals surface area contributed by atoms with Crippen LogP contribution >= 0.6 is 12.2 Å². The van der Waals surface area contributed by atoms with E-state index in [2.05, 4.69) is 10.3 Å². The molecule has 0 aromatic carbocycles. The van der Waals surface area contributed by atoms with Gasteiger partial charge in [-0.25, -0.2) is 0 Å².